The third-order valence-corrected chi connectivity index (χ3v) is 2.37. The number of aldehydes is 1. The van der Waals surface area contributed by atoms with Crippen LogP contribution < -0.4 is 0 Å². The van der Waals surface area contributed by atoms with Crippen molar-refractivity contribution in [1.82, 2.24) is 0 Å². The Balaban J connectivity index is 2.56. The van der Waals surface area contributed by atoms with Crippen LogP contribution in [0, 0.1) is 17.5 Å². The summed E-state index contributed by atoms with van der Waals surface area (Å²) in [5, 5.41) is 0. The molecule has 0 atom stereocenters. The third-order valence-electron chi connectivity index (χ3n) is 2.37. The number of halogens is 3. The van der Waals surface area contributed by atoms with E-state index < -0.39 is 17.5 Å². The largest absolute Gasteiger partial charge is 0.298 e. The molecule has 0 aliphatic rings. The van der Waals surface area contributed by atoms with Crippen LogP contribution in [0.4, 0.5) is 13.2 Å². The molecule has 0 saturated heterocycles. The zero-order valence-electron chi connectivity index (χ0n) is 8.58. The van der Waals surface area contributed by atoms with Gasteiger partial charge in [-0.1, -0.05) is 6.07 Å². The summed E-state index contributed by atoms with van der Waals surface area (Å²) in [4.78, 5) is 10.6. The van der Waals surface area contributed by atoms with Gasteiger partial charge in [0.15, 0.2) is 6.29 Å². The van der Waals surface area contributed by atoms with Gasteiger partial charge in [0.1, 0.15) is 17.5 Å². The molecule has 0 heterocycles. The van der Waals surface area contributed by atoms with Gasteiger partial charge < -0.3 is 0 Å². The lowest BCUT2D eigenvalue weighted by Crippen LogP contribution is -1.91. The first-order valence-corrected chi connectivity index (χ1v) is 4.82. The molecule has 86 valence electrons. The van der Waals surface area contributed by atoms with E-state index in [1.165, 1.54) is 18.2 Å². The molecule has 0 radical (unpaired) electrons. The van der Waals surface area contributed by atoms with E-state index in [-0.39, 0.29) is 11.1 Å². The molecule has 17 heavy (non-hydrogen) atoms. The topological polar surface area (TPSA) is 17.1 Å². The van der Waals surface area contributed by atoms with Gasteiger partial charge in [0.05, 0.1) is 5.56 Å². The van der Waals surface area contributed by atoms with E-state index >= 15 is 0 Å². The molecule has 2 rings (SSSR count). The normalized spacial score (nSPS) is 10.3. The molecule has 0 fully saturated rings. The van der Waals surface area contributed by atoms with Crippen LogP contribution in [0.3, 0.4) is 0 Å². The number of benzene rings is 2. The van der Waals surface area contributed by atoms with E-state index in [4.69, 9.17) is 0 Å². The molecule has 0 aliphatic heterocycles. The van der Waals surface area contributed by atoms with Gasteiger partial charge in [0, 0.05) is 11.6 Å². The fourth-order valence-electron chi connectivity index (χ4n) is 1.53. The van der Waals surface area contributed by atoms with Crippen molar-refractivity contribution in [3.05, 3.63) is 59.4 Å². The molecule has 0 saturated carbocycles. The maximum Gasteiger partial charge on any atom is 0.153 e. The van der Waals surface area contributed by atoms with Crippen LogP contribution in [0.15, 0.2) is 36.4 Å². The van der Waals surface area contributed by atoms with Gasteiger partial charge >= 0.3 is 0 Å². The lowest BCUT2D eigenvalue weighted by molar-refractivity contribution is 0.112. The Bertz CT molecular complexity index is 579. The SMILES string of the molecule is O=Cc1cc(-c2ccc(F)cc2F)ccc1F. The van der Waals surface area contributed by atoms with Crippen molar-refractivity contribution in [2.45, 2.75) is 0 Å². The van der Waals surface area contributed by atoms with E-state index in [0.29, 0.717) is 11.8 Å². The average molecular weight is 236 g/mol. The molecule has 1 nitrogen and oxygen atoms in total. The fraction of sp³-hybridized carbons (Fsp3) is 0. The highest BCUT2D eigenvalue weighted by molar-refractivity contribution is 5.79. The quantitative estimate of drug-likeness (QED) is 0.728. The van der Waals surface area contributed by atoms with Gasteiger partial charge in [-0.15, -0.1) is 0 Å². The molecule has 0 bridgehead atoms. The average Bonchev–Trinajstić information content (AvgIpc) is 2.30. The number of carbonyl (C=O) groups is 1. The molecule has 0 unspecified atom stereocenters. The highest BCUT2D eigenvalue weighted by Gasteiger charge is 2.09. The molecule has 2 aromatic carbocycles. The Kier molecular flexibility index (Phi) is 2.95. The first kappa shape index (κ1) is 11.4. The minimum Gasteiger partial charge on any atom is -0.298 e. The predicted octanol–water partition coefficient (Wildman–Crippen LogP) is 3.58. The van der Waals surface area contributed by atoms with Gasteiger partial charge in [0.2, 0.25) is 0 Å². The van der Waals surface area contributed by atoms with Crippen LogP contribution in [0.5, 0.6) is 0 Å². The minimum atomic E-state index is -0.756. The second kappa shape index (κ2) is 4.41. The Morgan fingerprint density at radius 2 is 1.65 bits per heavy atom. The smallest absolute Gasteiger partial charge is 0.153 e. The highest BCUT2D eigenvalue weighted by Crippen LogP contribution is 2.24. The van der Waals surface area contributed by atoms with Crippen molar-refractivity contribution < 1.29 is 18.0 Å². The summed E-state index contributed by atoms with van der Waals surface area (Å²) < 4.78 is 39.2. The Hall–Kier alpha value is -2.10. The van der Waals surface area contributed by atoms with E-state index in [1.54, 1.807) is 0 Å². The third kappa shape index (κ3) is 2.20. The van der Waals surface area contributed by atoms with Crippen molar-refractivity contribution in [2.24, 2.45) is 0 Å². The lowest BCUT2D eigenvalue weighted by Gasteiger charge is -2.04. The maximum absolute atomic E-state index is 13.5. The minimum absolute atomic E-state index is 0.120. The molecular formula is C13H7F3O. The standard InChI is InChI=1S/C13H7F3O/c14-10-2-3-11(13(16)6-10)8-1-4-12(15)9(5-8)7-17/h1-7H. The summed E-state index contributed by atoms with van der Waals surface area (Å²) in [6.07, 6.45) is 0.347. The lowest BCUT2D eigenvalue weighted by atomic mass is 10.0. The van der Waals surface area contributed by atoms with E-state index in [2.05, 4.69) is 0 Å². The van der Waals surface area contributed by atoms with Crippen molar-refractivity contribution in [2.75, 3.05) is 0 Å². The Morgan fingerprint density at radius 1 is 0.882 bits per heavy atom. The first-order chi connectivity index (χ1) is 8.11. The van der Waals surface area contributed by atoms with E-state index in [9.17, 15) is 18.0 Å². The summed E-state index contributed by atoms with van der Waals surface area (Å²) in [5.74, 6) is -2.12. The monoisotopic (exact) mass is 236 g/mol. The van der Waals surface area contributed by atoms with Crippen molar-refractivity contribution in [3.63, 3.8) is 0 Å². The fourth-order valence-corrected chi connectivity index (χ4v) is 1.53. The Morgan fingerprint density at radius 3 is 2.29 bits per heavy atom. The summed E-state index contributed by atoms with van der Waals surface area (Å²) in [7, 11) is 0. The van der Waals surface area contributed by atoms with Crippen LogP contribution in [-0.4, -0.2) is 6.29 Å². The van der Waals surface area contributed by atoms with Gasteiger partial charge in [-0.3, -0.25) is 4.79 Å². The van der Waals surface area contributed by atoms with Gasteiger partial charge in [-0.2, -0.15) is 0 Å². The van der Waals surface area contributed by atoms with Crippen LogP contribution in [0.2, 0.25) is 0 Å². The molecule has 0 spiro atoms. The summed E-state index contributed by atoms with van der Waals surface area (Å²) >= 11 is 0. The zero-order valence-corrected chi connectivity index (χ0v) is 8.58. The van der Waals surface area contributed by atoms with E-state index in [1.807, 2.05) is 0 Å². The zero-order chi connectivity index (χ0) is 12.4. The first-order valence-electron chi connectivity index (χ1n) is 4.82. The molecule has 0 N–H and O–H groups in total. The Labute approximate surface area is 95.5 Å². The van der Waals surface area contributed by atoms with Crippen molar-refractivity contribution >= 4 is 6.29 Å². The number of hydrogen-bond donors (Lipinski definition) is 0. The van der Waals surface area contributed by atoms with Crippen LogP contribution in [0.1, 0.15) is 10.4 Å². The van der Waals surface area contributed by atoms with Crippen LogP contribution in [0.25, 0.3) is 11.1 Å². The summed E-state index contributed by atoms with van der Waals surface area (Å²) in [6.45, 7) is 0. The second-order valence-corrected chi connectivity index (χ2v) is 3.48. The van der Waals surface area contributed by atoms with Crippen molar-refractivity contribution in [3.8, 4) is 11.1 Å². The maximum atomic E-state index is 13.5. The van der Waals surface area contributed by atoms with Gasteiger partial charge in [-0.25, -0.2) is 13.2 Å². The van der Waals surface area contributed by atoms with Crippen LogP contribution >= 0.6 is 0 Å². The molecular weight excluding hydrogens is 229 g/mol. The number of rotatable bonds is 2. The van der Waals surface area contributed by atoms with Crippen molar-refractivity contribution in [1.29, 1.82) is 0 Å². The molecule has 0 aromatic heterocycles. The predicted molar refractivity (Wildman–Crippen MR) is 57.1 cm³/mol. The number of hydrogen-bond acceptors (Lipinski definition) is 1. The molecule has 0 amide bonds. The molecule has 4 heteroatoms. The van der Waals surface area contributed by atoms with Crippen LogP contribution in [-0.2, 0) is 0 Å². The summed E-state index contributed by atoms with van der Waals surface area (Å²) in [5.41, 5.74) is 0.284. The highest BCUT2D eigenvalue weighted by atomic mass is 19.1. The van der Waals surface area contributed by atoms with Gasteiger partial charge in [-0.05, 0) is 29.8 Å². The number of carbonyl (C=O) groups excluding carboxylic acids is 1. The van der Waals surface area contributed by atoms with Gasteiger partial charge in [0.25, 0.3) is 0 Å². The summed E-state index contributed by atoms with van der Waals surface area (Å²) in [6, 6.07) is 6.70. The van der Waals surface area contributed by atoms with E-state index in [0.717, 1.165) is 18.2 Å². The molecule has 0 aliphatic carbocycles. The second-order valence-electron chi connectivity index (χ2n) is 3.48. The molecule has 2 aromatic rings.